The van der Waals surface area contributed by atoms with Crippen LogP contribution in [0, 0.1) is 17.7 Å². The van der Waals surface area contributed by atoms with Gasteiger partial charge >= 0.3 is 0 Å². The number of anilines is 3. The minimum Gasteiger partial charge on any atom is -0.494 e. The average molecular weight is 509 g/mol. The van der Waals surface area contributed by atoms with Gasteiger partial charge in [-0.05, 0) is 60.4 Å². The Kier molecular flexibility index (Phi) is 9.71. The Morgan fingerprint density at radius 2 is 1.70 bits per heavy atom. The van der Waals surface area contributed by atoms with Crippen molar-refractivity contribution in [3.05, 3.63) is 71.7 Å². The highest BCUT2D eigenvalue weighted by molar-refractivity contribution is 5.94. The summed E-state index contributed by atoms with van der Waals surface area (Å²) in [4.78, 5) is 18.8. The van der Waals surface area contributed by atoms with Gasteiger partial charge in [0, 0.05) is 42.6 Å². The van der Waals surface area contributed by atoms with Gasteiger partial charge in [-0.2, -0.15) is 0 Å². The number of nitrogens with one attached hydrogen (secondary N) is 2. The highest BCUT2D eigenvalue weighted by atomic mass is 19.1. The van der Waals surface area contributed by atoms with Crippen molar-refractivity contribution < 1.29 is 18.7 Å². The highest BCUT2D eigenvalue weighted by Crippen LogP contribution is 2.26. The lowest BCUT2D eigenvalue weighted by molar-refractivity contribution is 0.0962. The van der Waals surface area contributed by atoms with Gasteiger partial charge in [0.2, 0.25) is 0 Å². The molecule has 0 spiro atoms. The predicted molar refractivity (Wildman–Crippen MR) is 147 cm³/mol. The lowest BCUT2D eigenvalue weighted by atomic mass is 10.1. The molecule has 8 heteroatoms. The normalized spacial score (nSPS) is 10.9. The number of pyridine rings is 1. The van der Waals surface area contributed by atoms with Gasteiger partial charge in [-0.3, -0.25) is 4.79 Å². The molecule has 1 heterocycles. The quantitative estimate of drug-likeness (QED) is 0.311. The van der Waals surface area contributed by atoms with E-state index in [1.54, 1.807) is 18.3 Å². The first-order valence-electron chi connectivity index (χ1n) is 12.5. The lowest BCUT2D eigenvalue weighted by Crippen LogP contribution is -2.31. The van der Waals surface area contributed by atoms with Crippen LogP contribution in [0.15, 0.2) is 54.7 Å². The summed E-state index contributed by atoms with van der Waals surface area (Å²) in [7, 11) is 2.87. The molecule has 2 aromatic carbocycles. The second kappa shape index (κ2) is 12.9. The van der Waals surface area contributed by atoms with Gasteiger partial charge in [-0.15, -0.1) is 0 Å². The van der Waals surface area contributed by atoms with E-state index < -0.39 is 5.82 Å². The number of methoxy groups -OCH3 is 1. The summed E-state index contributed by atoms with van der Waals surface area (Å²) in [6.45, 7) is 10.9. The Morgan fingerprint density at radius 3 is 2.24 bits per heavy atom. The van der Waals surface area contributed by atoms with Crippen molar-refractivity contribution >= 4 is 23.1 Å². The molecule has 0 bridgehead atoms. The molecule has 37 heavy (non-hydrogen) atoms. The standard InChI is InChI=1S/C29H37FN4O3/c1-19(2)16-34(17-20(3)4)24-9-7-23(8-10-24)33-27-12-11-25(15-32-27)37-18-22-13-21(29(35)31-5)14-26(36-6)28(22)30/h7-15,19-20H,16-18H2,1-6H3,(H,31,35)(H,32,33). The summed E-state index contributed by atoms with van der Waals surface area (Å²) < 4.78 is 25.5. The maximum Gasteiger partial charge on any atom is 0.251 e. The Labute approximate surface area is 219 Å². The van der Waals surface area contributed by atoms with E-state index in [9.17, 15) is 9.18 Å². The number of amides is 1. The highest BCUT2D eigenvalue weighted by Gasteiger charge is 2.16. The first kappa shape index (κ1) is 27.8. The molecule has 3 aromatic rings. The van der Waals surface area contributed by atoms with Crippen LogP contribution in [0.2, 0.25) is 0 Å². The van der Waals surface area contributed by atoms with Crippen molar-refractivity contribution in [2.24, 2.45) is 11.8 Å². The number of halogens is 1. The fourth-order valence-corrected chi connectivity index (χ4v) is 3.96. The van der Waals surface area contributed by atoms with Crippen molar-refractivity contribution in [3.8, 4) is 11.5 Å². The van der Waals surface area contributed by atoms with Crippen molar-refractivity contribution in [2.45, 2.75) is 34.3 Å². The maximum atomic E-state index is 14.7. The fraction of sp³-hybridized carbons (Fsp3) is 0.379. The molecule has 0 aliphatic rings. The number of hydrogen-bond donors (Lipinski definition) is 2. The molecular formula is C29H37FN4O3. The van der Waals surface area contributed by atoms with E-state index in [0.717, 1.165) is 18.8 Å². The number of rotatable bonds is 12. The van der Waals surface area contributed by atoms with Gasteiger partial charge < -0.3 is 25.0 Å². The number of carbonyl (C=O) groups excluding carboxylic acids is 1. The largest absolute Gasteiger partial charge is 0.494 e. The second-order valence-corrected chi connectivity index (χ2v) is 9.76. The van der Waals surface area contributed by atoms with E-state index in [1.165, 1.54) is 32.0 Å². The van der Waals surface area contributed by atoms with E-state index in [-0.39, 0.29) is 23.8 Å². The Hall–Kier alpha value is -3.81. The molecule has 0 atom stereocenters. The van der Waals surface area contributed by atoms with Crippen molar-refractivity contribution in [2.75, 3.05) is 37.5 Å². The zero-order chi connectivity index (χ0) is 26.9. The van der Waals surface area contributed by atoms with Gasteiger partial charge in [-0.25, -0.2) is 9.37 Å². The molecule has 2 N–H and O–H groups in total. The van der Waals surface area contributed by atoms with E-state index in [4.69, 9.17) is 9.47 Å². The van der Waals surface area contributed by atoms with Crippen LogP contribution in [0.1, 0.15) is 43.6 Å². The van der Waals surface area contributed by atoms with Crippen LogP contribution in [0.4, 0.5) is 21.6 Å². The van der Waals surface area contributed by atoms with Crippen molar-refractivity contribution in [1.82, 2.24) is 10.3 Å². The molecule has 0 radical (unpaired) electrons. The summed E-state index contributed by atoms with van der Waals surface area (Å²) >= 11 is 0. The summed E-state index contributed by atoms with van der Waals surface area (Å²) in [5.74, 6) is 1.39. The summed E-state index contributed by atoms with van der Waals surface area (Å²) in [6, 6.07) is 14.7. The Morgan fingerprint density at radius 1 is 1.03 bits per heavy atom. The van der Waals surface area contributed by atoms with Crippen molar-refractivity contribution in [1.29, 1.82) is 0 Å². The summed E-state index contributed by atoms with van der Waals surface area (Å²) in [5.41, 5.74) is 2.64. The molecule has 7 nitrogen and oxygen atoms in total. The van der Waals surface area contributed by atoms with Gasteiger partial charge in [0.1, 0.15) is 18.2 Å². The molecule has 0 aliphatic carbocycles. The molecule has 0 aliphatic heterocycles. The first-order valence-corrected chi connectivity index (χ1v) is 12.5. The number of benzene rings is 2. The third-order valence-corrected chi connectivity index (χ3v) is 5.63. The Balaban J connectivity index is 1.64. The predicted octanol–water partition coefficient (Wildman–Crippen LogP) is 6.03. The topological polar surface area (TPSA) is 75.7 Å². The first-order chi connectivity index (χ1) is 17.7. The van der Waals surface area contributed by atoms with Crippen LogP contribution >= 0.6 is 0 Å². The molecule has 1 aromatic heterocycles. The molecule has 0 fully saturated rings. The molecule has 1 amide bonds. The van der Waals surface area contributed by atoms with E-state index in [2.05, 4.69) is 60.3 Å². The fourth-order valence-electron chi connectivity index (χ4n) is 3.96. The number of ether oxygens (including phenoxy) is 2. The monoisotopic (exact) mass is 508 g/mol. The average Bonchev–Trinajstić information content (AvgIpc) is 2.88. The van der Waals surface area contributed by atoms with E-state index in [1.807, 2.05) is 12.1 Å². The number of nitrogens with zero attached hydrogens (tertiary/aromatic N) is 2. The third-order valence-electron chi connectivity index (χ3n) is 5.63. The minimum absolute atomic E-state index is 0.0140. The minimum atomic E-state index is -0.565. The number of hydrogen-bond acceptors (Lipinski definition) is 6. The van der Waals surface area contributed by atoms with Crippen molar-refractivity contribution in [3.63, 3.8) is 0 Å². The van der Waals surface area contributed by atoms with Crippen LogP contribution in [0.25, 0.3) is 0 Å². The van der Waals surface area contributed by atoms with Crippen LogP contribution in [0.3, 0.4) is 0 Å². The SMILES string of the molecule is CNC(=O)c1cc(COc2ccc(Nc3ccc(N(CC(C)C)CC(C)C)cc3)nc2)c(F)c(OC)c1. The molecule has 0 saturated carbocycles. The maximum absolute atomic E-state index is 14.7. The van der Waals surface area contributed by atoms with Crippen LogP contribution in [-0.2, 0) is 6.61 Å². The van der Waals surface area contributed by atoms with Crippen LogP contribution in [-0.4, -0.2) is 38.1 Å². The summed E-state index contributed by atoms with van der Waals surface area (Å²) in [6.07, 6.45) is 1.57. The molecule has 198 valence electrons. The van der Waals surface area contributed by atoms with Crippen LogP contribution < -0.4 is 25.0 Å². The van der Waals surface area contributed by atoms with Gasteiger partial charge in [0.25, 0.3) is 5.91 Å². The molecule has 3 rings (SSSR count). The zero-order valence-electron chi connectivity index (χ0n) is 22.5. The van der Waals surface area contributed by atoms with Gasteiger partial charge in [0.15, 0.2) is 11.6 Å². The van der Waals surface area contributed by atoms with E-state index in [0.29, 0.717) is 29.0 Å². The van der Waals surface area contributed by atoms with Gasteiger partial charge in [-0.1, -0.05) is 27.7 Å². The number of carbonyl (C=O) groups is 1. The second-order valence-electron chi connectivity index (χ2n) is 9.76. The lowest BCUT2D eigenvalue weighted by Gasteiger charge is -2.28. The smallest absolute Gasteiger partial charge is 0.251 e. The van der Waals surface area contributed by atoms with Gasteiger partial charge in [0.05, 0.1) is 13.3 Å². The third kappa shape index (κ3) is 7.84. The van der Waals surface area contributed by atoms with E-state index >= 15 is 0 Å². The molecular weight excluding hydrogens is 471 g/mol. The Bertz CT molecular complexity index is 1160. The molecule has 0 unspecified atom stereocenters. The number of aromatic nitrogens is 1. The summed E-state index contributed by atoms with van der Waals surface area (Å²) in [5, 5.41) is 5.82. The van der Waals surface area contributed by atoms with Crippen LogP contribution in [0.5, 0.6) is 11.5 Å². The molecule has 0 saturated heterocycles. The zero-order valence-corrected chi connectivity index (χ0v) is 22.5.